The summed E-state index contributed by atoms with van der Waals surface area (Å²) in [4.78, 5) is 15.7. The molecule has 0 aliphatic heterocycles. The summed E-state index contributed by atoms with van der Waals surface area (Å²) in [6.45, 7) is 0. The fourth-order valence-electron chi connectivity index (χ4n) is 1.09. The predicted octanol–water partition coefficient (Wildman–Crippen LogP) is 3.15. The summed E-state index contributed by atoms with van der Waals surface area (Å²) in [5.74, 6) is -0.917. The Morgan fingerprint density at radius 1 is 1.60 bits per heavy atom. The van der Waals surface area contributed by atoms with Gasteiger partial charge in [0.05, 0.1) is 17.0 Å². The molecular formula is C9H6ClNO2S2. The molecule has 1 N–H and O–H groups in total. The van der Waals surface area contributed by atoms with Gasteiger partial charge in [0.2, 0.25) is 0 Å². The Morgan fingerprint density at radius 2 is 2.40 bits per heavy atom. The van der Waals surface area contributed by atoms with Crippen molar-refractivity contribution < 1.29 is 9.90 Å². The van der Waals surface area contributed by atoms with Crippen LogP contribution in [0.4, 0.5) is 0 Å². The summed E-state index contributed by atoms with van der Waals surface area (Å²) in [6, 6.07) is 3.86. The van der Waals surface area contributed by atoms with Gasteiger partial charge < -0.3 is 5.11 Å². The third-order valence-corrected chi connectivity index (χ3v) is 4.08. The molecule has 0 spiro atoms. The highest BCUT2D eigenvalue weighted by atomic mass is 35.5. The molecule has 0 bridgehead atoms. The molecule has 0 aliphatic carbocycles. The van der Waals surface area contributed by atoms with Gasteiger partial charge in [-0.1, -0.05) is 17.7 Å². The summed E-state index contributed by atoms with van der Waals surface area (Å²) >= 11 is 8.78. The van der Waals surface area contributed by atoms with Gasteiger partial charge in [-0.05, 0) is 11.4 Å². The van der Waals surface area contributed by atoms with E-state index in [2.05, 4.69) is 4.98 Å². The fourth-order valence-corrected chi connectivity index (χ4v) is 3.03. The lowest BCUT2D eigenvalue weighted by molar-refractivity contribution is -0.136. The number of hydrogen-bond donors (Lipinski definition) is 1. The van der Waals surface area contributed by atoms with Crippen molar-refractivity contribution in [2.24, 2.45) is 0 Å². The average molecular weight is 260 g/mol. The lowest BCUT2D eigenvalue weighted by atomic mass is 10.3. The molecule has 0 saturated heterocycles. The molecule has 0 unspecified atom stereocenters. The van der Waals surface area contributed by atoms with Crippen LogP contribution in [0.3, 0.4) is 0 Å². The van der Waals surface area contributed by atoms with E-state index in [9.17, 15) is 4.79 Å². The SMILES string of the molecule is O=C(O)Cc1nc(-c2cccs2)sc1Cl. The molecule has 6 heteroatoms. The maximum absolute atomic E-state index is 10.5. The highest BCUT2D eigenvalue weighted by Gasteiger charge is 2.13. The lowest BCUT2D eigenvalue weighted by Crippen LogP contribution is -2.00. The summed E-state index contributed by atoms with van der Waals surface area (Å²) in [5.41, 5.74) is 0.442. The van der Waals surface area contributed by atoms with Gasteiger partial charge in [0.25, 0.3) is 0 Å². The minimum absolute atomic E-state index is 0.124. The number of hydrogen-bond acceptors (Lipinski definition) is 4. The first kappa shape index (κ1) is 10.6. The zero-order valence-electron chi connectivity index (χ0n) is 7.44. The molecule has 0 fully saturated rings. The molecule has 0 radical (unpaired) electrons. The molecule has 0 saturated carbocycles. The summed E-state index contributed by atoms with van der Waals surface area (Å²) < 4.78 is 0.459. The second kappa shape index (κ2) is 4.30. The van der Waals surface area contributed by atoms with Crippen LogP contribution in [0, 0.1) is 0 Å². The summed E-state index contributed by atoms with van der Waals surface area (Å²) in [7, 11) is 0. The van der Waals surface area contributed by atoms with E-state index in [0.29, 0.717) is 10.0 Å². The summed E-state index contributed by atoms with van der Waals surface area (Å²) in [6.07, 6.45) is -0.124. The van der Waals surface area contributed by atoms with Crippen LogP contribution in [0.1, 0.15) is 5.69 Å². The van der Waals surface area contributed by atoms with Crippen molar-refractivity contribution in [3.63, 3.8) is 0 Å². The monoisotopic (exact) mass is 259 g/mol. The Bertz CT molecular complexity index is 478. The number of carboxylic acids is 1. The highest BCUT2D eigenvalue weighted by molar-refractivity contribution is 7.23. The van der Waals surface area contributed by atoms with Crippen molar-refractivity contribution in [2.45, 2.75) is 6.42 Å². The van der Waals surface area contributed by atoms with E-state index in [0.717, 1.165) is 9.88 Å². The van der Waals surface area contributed by atoms with Crippen LogP contribution in [0.15, 0.2) is 17.5 Å². The number of halogens is 1. The third kappa shape index (κ3) is 2.37. The first-order chi connectivity index (χ1) is 7.16. The topological polar surface area (TPSA) is 50.2 Å². The molecule has 2 aromatic rings. The van der Waals surface area contributed by atoms with Crippen LogP contribution in [0.2, 0.25) is 4.34 Å². The van der Waals surface area contributed by atoms with Crippen LogP contribution in [0.5, 0.6) is 0 Å². The molecule has 78 valence electrons. The lowest BCUT2D eigenvalue weighted by Gasteiger charge is -1.89. The van der Waals surface area contributed by atoms with Gasteiger partial charge in [0.15, 0.2) is 0 Å². The third-order valence-electron chi connectivity index (χ3n) is 1.70. The molecule has 0 aromatic carbocycles. The predicted molar refractivity (Wildman–Crippen MR) is 61.8 cm³/mol. The normalized spacial score (nSPS) is 10.5. The fraction of sp³-hybridized carbons (Fsp3) is 0.111. The molecule has 3 nitrogen and oxygen atoms in total. The van der Waals surface area contributed by atoms with Crippen molar-refractivity contribution in [1.29, 1.82) is 0 Å². The van der Waals surface area contributed by atoms with E-state index in [-0.39, 0.29) is 6.42 Å². The second-order valence-electron chi connectivity index (χ2n) is 2.79. The number of rotatable bonds is 3. The number of carboxylic acid groups (broad SMARTS) is 1. The van der Waals surface area contributed by atoms with Gasteiger partial charge in [-0.15, -0.1) is 22.7 Å². The quantitative estimate of drug-likeness (QED) is 0.921. The standard InChI is InChI=1S/C9H6ClNO2S2/c10-8-5(4-7(12)13)11-9(15-8)6-2-1-3-14-6/h1-3H,4H2,(H,12,13). The molecule has 2 rings (SSSR count). The van der Waals surface area contributed by atoms with E-state index in [1.54, 1.807) is 11.3 Å². The van der Waals surface area contributed by atoms with Crippen LogP contribution in [-0.2, 0) is 11.2 Å². The van der Waals surface area contributed by atoms with Crippen molar-refractivity contribution in [2.75, 3.05) is 0 Å². The largest absolute Gasteiger partial charge is 0.481 e. The minimum atomic E-state index is -0.917. The van der Waals surface area contributed by atoms with Crippen LogP contribution in [0.25, 0.3) is 9.88 Å². The number of aromatic nitrogens is 1. The van der Waals surface area contributed by atoms with Crippen LogP contribution >= 0.6 is 34.3 Å². The minimum Gasteiger partial charge on any atom is -0.481 e. The zero-order chi connectivity index (χ0) is 10.8. The molecule has 2 heterocycles. The van der Waals surface area contributed by atoms with Crippen LogP contribution < -0.4 is 0 Å². The van der Waals surface area contributed by atoms with E-state index in [1.165, 1.54) is 11.3 Å². The molecule has 0 aliphatic rings. The van der Waals surface area contributed by atoms with Crippen molar-refractivity contribution in [3.8, 4) is 9.88 Å². The van der Waals surface area contributed by atoms with Gasteiger partial charge in [0, 0.05) is 0 Å². The van der Waals surface area contributed by atoms with Gasteiger partial charge in [-0.25, -0.2) is 4.98 Å². The van der Waals surface area contributed by atoms with E-state index >= 15 is 0 Å². The Balaban J connectivity index is 2.33. The van der Waals surface area contributed by atoms with E-state index in [4.69, 9.17) is 16.7 Å². The Labute approximate surface area is 99.0 Å². The average Bonchev–Trinajstić information content (AvgIpc) is 2.75. The smallest absolute Gasteiger partial charge is 0.309 e. The molecular weight excluding hydrogens is 254 g/mol. The van der Waals surface area contributed by atoms with E-state index in [1.807, 2.05) is 17.5 Å². The number of nitrogens with zero attached hydrogens (tertiary/aromatic N) is 1. The molecule has 2 aromatic heterocycles. The Kier molecular flexibility index (Phi) is 3.04. The first-order valence-corrected chi connectivity index (χ1v) is 6.15. The first-order valence-electron chi connectivity index (χ1n) is 4.07. The Morgan fingerprint density at radius 3 is 3.00 bits per heavy atom. The van der Waals surface area contributed by atoms with Gasteiger partial charge >= 0.3 is 5.97 Å². The summed E-state index contributed by atoms with van der Waals surface area (Å²) in [5, 5.41) is 11.4. The van der Waals surface area contributed by atoms with E-state index < -0.39 is 5.97 Å². The molecule has 0 amide bonds. The Hall–Kier alpha value is -0.910. The van der Waals surface area contributed by atoms with Crippen molar-refractivity contribution >= 4 is 40.2 Å². The second-order valence-corrected chi connectivity index (χ2v) is 5.34. The maximum Gasteiger partial charge on any atom is 0.309 e. The van der Waals surface area contributed by atoms with Crippen molar-refractivity contribution in [1.82, 2.24) is 4.98 Å². The molecule has 0 atom stereocenters. The van der Waals surface area contributed by atoms with Gasteiger partial charge in [-0.2, -0.15) is 0 Å². The van der Waals surface area contributed by atoms with Crippen LogP contribution in [-0.4, -0.2) is 16.1 Å². The van der Waals surface area contributed by atoms with Gasteiger partial charge in [-0.3, -0.25) is 4.79 Å². The zero-order valence-corrected chi connectivity index (χ0v) is 9.83. The number of carbonyl (C=O) groups is 1. The number of thiophene rings is 1. The van der Waals surface area contributed by atoms with Crippen molar-refractivity contribution in [3.05, 3.63) is 27.5 Å². The molecule has 15 heavy (non-hydrogen) atoms. The number of aliphatic carboxylic acids is 1. The number of thiazole rings is 1. The maximum atomic E-state index is 10.5. The van der Waals surface area contributed by atoms with Gasteiger partial charge in [0.1, 0.15) is 9.34 Å². The highest BCUT2D eigenvalue weighted by Crippen LogP contribution is 2.34.